The van der Waals surface area contributed by atoms with Crippen LogP contribution in [0.5, 0.6) is 0 Å². The number of hydrogen-bond donors (Lipinski definition) is 2. The number of methoxy groups -OCH3 is 1. The molecular formula is C13H18N2O3S. The Morgan fingerprint density at radius 2 is 2.16 bits per heavy atom. The van der Waals surface area contributed by atoms with Gasteiger partial charge >= 0.3 is 0 Å². The largest absolute Gasteiger partial charge is 0.384 e. The van der Waals surface area contributed by atoms with Crippen LogP contribution in [0.4, 0.5) is 5.69 Å². The SMILES string of the molecule is COC1CC(NS(=O)(=O)c2ccc3c(c2)CCN3)C1. The predicted molar refractivity (Wildman–Crippen MR) is 72.8 cm³/mol. The molecule has 1 saturated carbocycles. The van der Waals surface area contributed by atoms with Crippen molar-refractivity contribution in [3.05, 3.63) is 23.8 Å². The minimum Gasteiger partial charge on any atom is -0.384 e. The Kier molecular flexibility index (Phi) is 3.24. The average Bonchev–Trinajstić information content (AvgIpc) is 2.80. The zero-order valence-electron chi connectivity index (χ0n) is 10.8. The zero-order chi connectivity index (χ0) is 13.5. The van der Waals surface area contributed by atoms with Gasteiger partial charge in [-0.05, 0) is 43.0 Å². The Balaban J connectivity index is 1.74. The van der Waals surface area contributed by atoms with Crippen molar-refractivity contribution >= 4 is 15.7 Å². The summed E-state index contributed by atoms with van der Waals surface area (Å²) < 4.78 is 32.4. The van der Waals surface area contributed by atoms with Crippen LogP contribution in [0.1, 0.15) is 18.4 Å². The maximum Gasteiger partial charge on any atom is 0.240 e. The van der Waals surface area contributed by atoms with Gasteiger partial charge in [0.1, 0.15) is 0 Å². The molecule has 0 radical (unpaired) electrons. The van der Waals surface area contributed by atoms with Crippen LogP contribution in [-0.2, 0) is 21.2 Å². The van der Waals surface area contributed by atoms with E-state index in [-0.39, 0.29) is 12.1 Å². The first-order valence-electron chi connectivity index (χ1n) is 6.50. The maximum atomic E-state index is 12.3. The molecule has 0 spiro atoms. The lowest BCUT2D eigenvalue weighted by Crippen LogP contribution is -2.47. The van der Waals surface area contributed by atoms with Gasteiger partial charge in [0, 0.05) is 25.4 Å². The topological polar surface area (TPSA) is 67.4 Å². The molecule has 0 unspecified atom stereocenters. The van der Waals surface area contributed by atoms with Gasteiger partial charge in [0.05, 0.1) is 11.0 Å². The Bertz CT molecular complexity index is 580. The highest BCUT2D eigenvalue weighted by Gasteiger charge is 2.32. The van der Waals surface area contributed by atoms with Crippen molar-refractivity contribution in [1.29, 1.82) is 0 Å². The van der Waals surface area contributed by atoms with Gasteiger partial charge in [-0.3, -0.25) is 0 Å². The van der Waals surface area contributed by atoms with Gasteiger partial charge in [0.25, 0.3) is 0 Å². The fourth-order valence-electron chi connectivity index (χ4n) is 2.59. The summed E-state index contributed by atoms with van der Waals surface area (Å²) in [5.41, 5.74) is 2.12. The molecule has 2 aliphatic rings. The summed E-state index contributed by atoms with van der Waals surface area (Å²) in [7, 11) is -1.75. The molecule has 1 aromatic rings. The predicted octanol–water partition coefficient (Wildman–Crippen LogP) is 1.11. The van der Waals surface area contributed by atoms with Crippen molar-refractivity contribution in [2.24, 2.45) is 0 Å². The van der Waals surface area contributed by atoms with Gasteiger partial charge in [-0.15, -0.1) is 0 Å². The second kappa shape index (κ2) is 4.77. The summed E-state index contributed by atoms with van der Waals surface area (Å²) in [6, 6.07) is 5.27. The van der Waals surface area contributed by atoms with Gasteiger partial charge < -0.3 is 10.1 Å². The number of sulfonamides is 1. The summed E-state index contributed by atoms with van der Waals surface area (Å²) in [6.45, 7) is 0.879. The van der Waals surface area contributed by atoms with Crippen LogP contribution < -0.4 is 10.0 Å². The molecule has 6 heteroatoms. The van der Waals surface area contributed by atoms with E-state index in [1.807, 2.05) is 6.07 Å². The molecule has 5 nitrogen and oxygen atoms in total. The normalized spacial score (nSPS) is 25.5. The van der Waals surface area contributed by atoms with E-state index < -0.39 is 10.0 Å². The third-order valence-corrected chi connectivity index (χ3v) is 5.36. The Hall–Kier alpha value is -1.11. The Morgan fingerprint density at radius 3 is 2.89 bits per heavy atom. The molecule has 1 aliphatic carbocycles. The summed E-state index contributed by atoms with van der Waals surface area (Å²) in [5, 5.41) is 3.22. The summed E-state index contributed by atoms with van der Waals surface area (Å²) >= 11 is 0. The fraction of sp³-hybridized carbons (Fsp3) is 0.538. The third kappa shape index (κ3) is 2.48. The molecule has 0 saturated heterocycles. The van der Waals surface area contributed by atoms with Gasteiger partial charge in [-0.25, -0.2) is 13.1 Å². The number of nitrogens with one attached hydrogen (secondary N) is 2. The summed E-state index contributed by atoms with van der Waals surface area (Å²) in [5.74, 6) is 0. The van der Waals surface area contributed by atoms with Crippen LogP contribution in [0.25, 0.3) is 0 Å². The highest BCUT2D eigenvalue weighted by atomic mass is 32.2. The van der Waals surface area contributed by atoms with Crippen LogP contribution in [-0.4, -0.2) is 34.2 Å². The van der Waals surface area contributed by atoms with Crippen LogP contribution in [0, 0.1) is 0 Å². The highest BCUT2D eigenvalue weighted by molar-refractivity contribution is 7.89. The molecule has 3 rings (SSSR count). The number of hydrogen-bond acceptors (Lipinski definition) is 4. The first-order valence-corrected chi connectivity index (χ1v) is 7.99. The van der Waals surface area contributed by atoms with Gasteiger partial charge in [-0.2, -0.15) is 0 Å². The lowest BCUT2D eigenvalue weighted by molar-refractivity contribution is 0.0236. The van der Waals surface area contributed by atoms with Crippen LogP contribution in [0.2, 0.25) is 0 Å². The van der Waals surface area contributed by atoms with Gasteiger partial charge in [0.2, 0.25) is 10.0 Å². The minimum absolute atomic E-state index is 0.00123. The minimum atomic E-state index is -3.41. The van der Waals surface area contributed by atoms with Gasteiger partial charge in [-0.1, -0.05) is 0 Å². The molecule has 0 bridgehead atoms. The van der Waals surface area contributed by atoms with E-state index in [1.165, 1.54) is 0 Å². The van der Waals surface area contributed by atoms with E-state index in [4.69, 9.17) is 4.74 Å². The van der Waals surface area contributed by atoms with Crippen molar-refractivity contribution in [1.82, 2.24) is 4.72 Å². The number of fused-ring (bicyclic) bond motifs is 1. The highest BCUT2D eigenvalue weighted by Crippen LogP contribution is 2.27. The lowest BCUT2D eigenvalue weighted by atomic mass is 9.90. The van der Waals surface area contributed by atoms with E-state index >= 15 is 0 Å². The monoisotopic (exact) mass is 282 g/mol. The smallest absolute Gasteiger partial charge is 0.240 e. The maximum absolute atomic E-state index is 12.3. The zero-order valence-corrected chi connectivity index (χ0v) is 11.7. The molecule has 19 heavy (non-hydrogen) atoms. The molecule has 1 heterocycles. The van der Waals surface area contributed by atoms with Crippen molar-refractivity contribution in [3.63, 3.8) is 0 Å². The van der Waals surface area contributed by atoms with Crippen molar-refractivity contribution in [3.8, 4) is 0 Å². The van der Waals surface area contributed by atoms with Gasteiger partial charge in [0.15, 0.2) is 0 Å². The molecule has 0 atom stereocenters. The molecule has 2 N–H and O–H groups in total. The van der Waals surface area contributed by atoms with E-state index in [0.717, 1.165) is 37.1 Å². The molecule has 0 aromatic heterocycles. The summed E-state index contributed by atoms with van der Waals surface area (Å²) in [4.78, 5) is 0.357. The fourth-order valence-corrected chi connectivity index (χ4v) is 3.90. The van der Waals surface area contributed by atoms with Crippen molar-refractivity contribution in [2.75, 3.05) is 19.0 Å². The molecule has 1 fully saturated rings. The van der Waals surface area contributed by atoms with E-state index in [9.17, 15) is 8.42 Å². The quantitative estimate of drug-likeness (QED) is 0.868. The van der Waals surface area contributed by atoms with Crippen LogP contribution >= 0.6 is 0 Å². The van der Waals surface area contributed by atoms with Crippen LogP contribution in [0.15, 0.2) is 23.1 Å². The Labute approximate surface area is 113 Å². The molecular weight excluding hydrogens is 264 g/mol. The molecule has 0 amide bonds. The lowest BCUT2D eigenvalue weighted by Gasteiger charge is -2.34. The molecule has 1 aliphatic heterocycles. The number of anilines is 1. The number of benzene rings is 1. The summed E-state index contributed by atoms with van der Waals surface area (Å²) in [6.07, 6.45) is 2.58. The number of rotatable bonds is 4. The van der Waals surface area contributed by atoms with E-state index in [1.54, 1.807) is 19.2 Å². The van der Waals surface area contributed by atoms with Crippen molar-refractivity contribution in [2.45, 2.75) is 36.3 Å². The van der Waals surface area contributed by atoms with E-state index in [0.29, 0.717) is 4.90 Å². The average molecular weight is 282 g/mol. The molecule has 104 valence electrons. The van der Waals surface area contributed by atoms with Crippen LogP contribution in [0.3, 0.4) is 0 Å². The second-order valence-corrected chi connectivity index (χ2v) is 6.86. The molecule has 1 aromatic carbocycles. The van der Waals surface area contributed by atoms with Crippen molar-refractivity contribution < 1.29 is 13.2 Å². The number of ether oxygens (including phenoxy) is 1. The van der Waals surface area contributed by atoms with E-state index in [2.05, 4.69) is 10.0 Å². The first-order chi connectivity index (χ1) is 9.08. The Morgan fingerprint density at radius 1 is 1.37 bits per heavy atom. The second-order valence-electron chi connectivity index (χ2n) is 5.14. The first kappa shape index (κ1) is 12.9. The third-order valence-electron chi connectivity index (χ3n) is 3.85. The standard InChI is InChI=1S/C13H18N2O3S/c1-18-11-7-10(8-11)15-19(16,17)12-2-3-13-9(6-12)4-5-14-13/h2-3,6,10-11,14-15H,4-5,7-8H2,1H3.